The largest absolute Gasteiger partial charge is 2.00 e. The van der Waals surface area contributed by atoms with E-state index in [1.54, 1.807) is 0 Å². The zero-order chi connectivity index (χ0) is 5.41. The van der Waals surface area contributed by atoms with Gasteiger partial charge in [0, 0.05) is 12.9 Å². The van der Waals surface area contributed by atoms with E-state index in [2.05, 4.69) is 0 Å². The van der Waals surface area contributed by atoms with Crippen molar-refractivity contribution in [3.05, 3.63) is 0 Å². The topological polar surface area (TPSA) is 112 Å². The summed E-state index contributed by atoms with van der Waals surface area (Å²) in [6, 6.07) is 0. The molecule has 8 heavy (non-hydrogen) atoms. The molecule has 0 spiro atoms. The summed E-state index contributed by atoms with van der Waals surface area (Å²) in [5, 5.41) is 16.5. The van der Waals surface area contributed by atoms with Gasteiger partial charge in [-0.05, 0) is 0 Å². The average Bonchev–Trinajstić information content (AvgIpc) is 1.39. The third-order valence-corrected chi connectivity index (χ3v) is 0. The van der Waals surface area contributed by atoms with Crippen molar-refractivity contribution in [2.45, 2.75) is 0 Å². The van der Waals surface area contributed by atoms with Crippen molar-refractivity contribution >= 4 is 50.7 Å². The maximum absolute atomic E-state index is 8.25. The van der Waals surface area contributed by atoms with Crippen molar-refractivity contribution in [3.8, 4) is 0 Å². The summed E-state index contributed by atoms with van der Waals surface area (Å²) in [4.78, 5) is 16.5. The van der Waals surface area contributed by atoms with E-state index in [4.69, 9.17) is 19.8 Å². The minimum Gasteiger partial charge on any atom is -0.554 e. The molecule has 0 aromatic heterocycles. The molecule has 0 radical (unpaired) electrons. The van der Waals surface area contributed by atoms with Gasteiger partial charge in [-0.25, -0.2) is 0 Å². The van der Waals surface area contributed by atoms with Crippen LogP contribution in [0.1, 0.15) is 0 Å². The van der Waals surface area contributed by atoms with Gasteiger partial charge in [0.15, 0.2) is 0 Å². The Morgan fingerprint density at radius 3 is 1.00 bits per heavy atom. The smallest absolute Gasteiger partial charge is 0.554 e. The second-order valence-electron chi connectivity index (χ2n) is 0.192. The molecule has 2 N–H and O–H groups in total. The molecule has 0 aromatic rings. The zero-order valence-corrected chi connectivity index (χ0v) is 6.20. The second-order valence-corrected chi connectivity index (χ2v) is 0.192. The normalized spacial score (nSPS) is 3.00. The summed E-state index contributed by atoms with van der Waals surface area (Å²) in [6.45, 7) is -1.00. The first-order valence-corrected chi connectivity index (χ1v) is 0.943. The fourth-order valence-corrected chi connectivity index (χ4v) is 0. The van der Waals surface area contributed by atoms with Crippen LogP contribution in [0, 0.1) is 0 Å². The first-order valence-electron chi connectivity index (χ1n) is 0.943. The predicted octanol–water partition coefficient (Wildman–Crippen LogP) is -4.47. The molecule has 0 aliphatic heterocycles. The van der Waals surface area contributed by atoms with Crippen molar-refractivity contribution in [2.24, 2.45) is 0 Å². The average molecular weight is 148 g/mol. The molecule has 0 fully saturated rings. The summed E-state index contributed by atoms with van der Waals surface area (Å²) >= 11 is 0. The van der Waals surface area contributed by atoms with E-state index < -0.39 is 12.9 Å². The number of rotatable bonds is 0. The number of carbonyl (C=O) groups is 2. The van der Waals surface area contributed by atoms with Crippen LogP contribution in [-0.2, 0) is 9.59 Å². The molecule has 0 unspecified atom stereocenters. The van der Waals surface area contributed by atoms with Gasteiger partial charge in [-0.1, -0.05) is 0 Å². The Bertz CT molecular complexity index is 31.4. The van der Waals surface area contributed by atoms with Crippen LogP contribution in [0.4, 0.5) is 0 Å². The Kier molecular flexibility index (Phi) is 176. The third kappa shape index (κ3) is 6430. The standard InChI is InChI=1S/2CH2O2.Ca.H2O/c2*2-1-3;;/h2*1H,(H,2,3);;1H2/q;;+2;/p-2. The quantitative estimate of drug-likeness (QED) is 0.254. The molecule has 0 rings (SSSR count). The third-order valence-electron chi connectivity index (χ3n) is 0. The Labute approximate surface area is 75.6 Å². The van der Waals surface area contributed by atoms with Crippen LogP contribution in [0.25, 0.3) is 0 Å². The minimum absolute atomic E-state index is 0. The van der Waals surface area contributed by atoms with E-state index in [1.807, 2.05) is 0 Å². The first-order chi connectivity index (χ1) is 2.83. The molecule has 0 aliphatic rings. The van der Waals surface area contributed by atoms with Crippen molar-refractivity contribution < 1.29 is 25.3 Å². The van der Waals surface area contributed by atoms with Crippen LogP contribution < -0.4 is 10.2 Å². The Morgan fingerprint density at radius 2 is 1.00 bits per heavy atom. The summed E-state index contributed by atoms with van der Waals surface area (Å²) in [6.07, 6.45) is 0. The van der Waals surface area contributed by atoms with Gasteiger partial charge < -0.3 is 25.3 Å². The van der Waals surface area contributed by atoms with E-state index in [-0.39, 0.29) is 43.2 Å². The number of carboxylic acid groups (broad SMARTS) is 2. The maximum Gasteiger partial charge on any atom is 2.00 e. The molecule has 0 saturated heterocycles. The van der Waals surface area contributed by atoms with Crippen molar-refractivity contribution in [1.82, 2.24) is 0 Å². The van der Waals surface area contributed by atoms with E-state index in [9.17, 15) is 0 Å². The molecule has 0 aliphatic carbocycles. The Hall–Kier alpha value is 0.160. The van der Waals surface area contributed by atoms with E-state index in [0.717, 1.165) is 0 Å². The van der Waals surface area contributed by atoms with Crippen LogP contribution in [-0.4, -0.2) is 56.2 Å². The monoisotopic (exact) mass is 148 g/mol. The van der Waals surface area contributed by atoms with Crippen LogP contribution in [0.3, 0.4) is 0 Å². The van der Waals surface area contributed by atoms with Crippen LogP contribution in [0.5, 0.6) is 0 Å². The summed E-state index contributed by atoms with van der Waals surface area (Å²) in [7, 11) is 0. The first kappa shape index (κ1) is 24.2. The summed E-state index contributed by atoms with van der Waals surface area (Å²) < 4.78 is 0. The van der Waals surface area contributed by atoms with E-state index in [0.29, 0.717) is 0 Å². The van der Waals surface area contributed by atoms with E-state index in [1.165, 1.54) is 0 Å². The fraction of sp³-hybridized carbons (Fsp3) is 0. The van der Waals surface area contributed by atoms with Crippen molar-refractivity contribution in [3.63, 3.8) is 0 Å². The second kappa shape index (κ2) is 58.2. The summed E-state index contributed by atoms with van der Waals surface area (Å²) in [5.74, 6) is 0. The molecule has 0 atom stereocenters. The molecule has 44 valence electrons. The molecule has 0 aromatic carbocycles. The number of carbonyl (C=O) groups excluding carboxylic acids is 2. The molecule has 0 heterocycles. The Morgan fingerprint density at radius 1 is 1.00 bits per heavy atom. The van der Waals surface area contributed by atoms with Crippen LogP contribution >= 0.6 is 0 Å². The molecule has 0 amide bonds. The van der Waals surface area contributed by atoms with Gasteiger partial charge in [0.1, 0.15) is 0 Å². The Balaban J connectivity index is -0.0000000160. The van der Waals surface area contributed by atoms with Gasteiger partial charge in [0.2, 0.25) is 0 Å². The SMILES string of the molecule is O.O=C[O-].O=C[O-].[Ca+2]. The predicted molar refractivity (Wildman–Crippen MR) is 21.5 cm³/mol. The van der Waals surface area contributed by atoms with E-state index >= 15 is 0 Å². The van der Waals surface area contributed by atoms with Gasteiger partial charge in [0.05, 0.1) is 0 Å². The number of hydrogen-bond donors (Lipinski definition) is 0. The number of hydrogen-bond acceptors (Lipinski definition) is 4. The van der Waals surface area contributed by atoms with Crippen molar-refractivity contribution in [1.29, 1.82) is 0 Å². The molecule has 5 nitrogen and oxygen atoms in total. The maximum atomic E-state index is 8.25. The molecular formula is C2H4CaO5. The minimum atomic E-state index is -0.500. The van der Waals surface area contributed by atoms with Gasteiger partial charge >= 0.3 is 37.7 Å². The fourth-order valence-electron chi connectivity index (χ4n) is 0. The van der Waals surface area contributed by atoms with Gasteiger partial charge in [-0.3, -0.25) is 0 Å². The van der Waals surface area contributed by atoms with Crippen LogP contribution in [0.2, 0.25) is 0 Å². The van der Waals surface area contributed by atoms with Crippen LogP contribution in [0.15, 0.2) is 0 Å². The van der Waals surface area contributed by atoms with Crippen molar-refractivity contribution in [2.75, 3.05) is 0 Å². The zero-order valence-electron chi connectivity index (χ0n) is 3.99. The van der Waals surface area contributed by atoms with Gasteiger partial charge in [-0.15, -0.1) is 0 Å². The molecular weight excluding hydrogens is 144 g/mol. The molecule has 0 bridgehead atoms. The molecule has 6 heteroatoms. The van der Waals surface area contributed by atoms with Gasteiger partial charge in [-0.2, -0.15) is 0 Å². The summed E-state index contributed by atoms with van der Waals surface area (Å²) in [5.41, 5.74) is 0. The van der Waals surface area contributed by atoms with Gasteiger partial charge in [0.25, 0.3) is 0 Å². The molecule has 0 saturated carbocycles.